The second-order valence-corrected chi connectivity index (χ2v) is 5.60. The summed E-state index contributed by atoms with van der Waals surface area (Å²) in [5, 5.41) is 12.4. The number of hydrogen-bond acceptors (Lipinski definition) is 9. The van der Waals surface area contributed by atoms with Crippen molar-refractivity contribution in [2.24, 2.45) is 0 Å². The first kappa shape index (κ1) is 27.0. The molecule has 0 aromatic carbocycles. The van der Waals surface area contributed by atoms with Crippen LogP contribution in [0.25, 0.3) is 21.3 Å². The number of amides is 8. The zero-order valence-electron chi connectivity index (χ0n) is 15.5. The molecule has 4 aliphatic heterocycles. The van der Waals surface area contributed by atoms with Gasteiger partial charge in [0, 0.05) is 0 Å². The van der Waals surface area contributed by atoms with Gasteiger partial charge in [0.2, 0.25) is 0 Å². The van der Waals surface area contributed by atoms with E-state index in [1.807, 2.05) is 0 Å². The van der Waals surface area contributed by atoms with Gasteiger partial charge in [-0.15, -0.1) is 0 Å². The summed E-state index contributed by atoms with van der Waals surface area (Å²) in [4.78, 5) is 80.5. The van der Waals surface area contributed by atoms with E-state index in [1.54, 1.807) is 0 Å². The third kappa shape index (κ3) is 13.3. The molecular weight excluding hydrogens is 488 g/mol. The van der Waals surface area contributed by atoms with Crippen LogP contribution in [-0.2, 0) is 61.5 Å². The van der Waals surface area contributed by atoms with E-state index in [0.29, 0.717) is 71.1 Å². The van der Waals surface area contributed by atoms with Gasteiger partial charge in [-0.05, 0) is 51.4 Å². The summed E-state index contributed by atoms with van der Waals surface area (Å²) < 4.78 is 8.26. The van der Waals surface area contributed by atoms with Gasteiger partial charge in [0.15, 0.2) is 0 Å². The Balaban J connectivity index is 0.000000363. The first-order valence-electron chi connectivity index (χ1n) is 8.42. The summed E-state index contributed by atoms with van der Waals surface area (Å²) in [6.07, 6.45) is 2.55. The van der Waals surface area contributed by atoms with Crippen molar-refractivity contribution < 1.29 is 61.5 Å². The average Bonchev–Trinajstić information content (AvgIpc) is 3.45. The second kappa shape index (κ2) is 15.0. The molecule has 0 spiro atoms. The van der Waals surface area contributed by atoms with Gasteiger partial charge >= 0.3 is 23.2 Å². The minimum atomic E-state index is -0.273. The zero-order valence-corrected chi connectivity index (χ0v) is 17.5. The fraction of sp³-hybridized carbons (Fsp3) is 0.500. The van der Waals surface area contributed by atoms with Crippen LogP contribution in [0, 0.1) is 0 Å². The van der Waals surface area contributed by atoms with Crippen LogP contribution in [0.4, 0.5) is 0 Å². The normalized spacial score (nSPS) is 18.9. The van der Waals surface area contributed by atoms with Crippen molar-refractivity contribution in [2.75, 3.05) is 0 Å². The molecule has 30 heavy (non-hydrogen) atoms. The Bertz CT molecular complexity index is 562. The van der Waals surface area contributed by atoms with E-state index in [0.717, 1.165) is 0 Å². The van der Waals surface area contributed by atoms with E-state index >= 15 is 0 Å². The first-order chi connectivity index (χ1) is 14.2. The van der Waals surface area contributed by atoms with Crippen LogP contribution in [0.2, 0.25) is 0 Å². The number of hydrogen-bond donors (Lipinski definition) is 0. The summed E-state index contributed by atoms with van der Waals surface area (Å²) in [6, 6.07) is 0. The summed E-state index contributed by atoms with van der Waals surface area (Å²) in [5.74, 6) is -2.19. The van der Waals surface area contributed by atoms with E-state index in [4.69, 9.17) is 3.40 Å². The zero-order chi connectivity index (χ0) is 23.1. The Morgan fingerprint density at radius 2 is 0.433 bits per heavy atom. The molecule has 0 aromatic heterocycles. The molecule has 4 heterocycles. The molecule has 13 nitrogen and oxygen atoms in total. The van der Waals surface area contributed by atoms with Crippen molar-refractivity contribution in [2.45, 2.75) is 51.4 Å². The fourth-order valence-corrected chi connectivity index (χ4v) is 1.86. The first-order valence-corrected chi connectivity index (χ1v) is 9.24. The van der Waals surface area contributed by atoms with Gasteiger partial charge in [-0.3, -0.25) is 0 Å². The summed E-state index contributed by atoms with van der Waals surface area (Å²) >= 11 is 0.700. The third-order valence-corrected chi connectivity index (χ3v) is 3.21. The molecule has 0 aromatic rings. The van der Waals surface area contributed by atoms with Crippen LogP contribution >= 0.6 is 0 Å². The van der Waals surface area contributed by atoms with Crippen LogP contribution in [0.3, 0.4) is 0 Å². The van der Waals surface area contributed by atoms with Gasteiger partial charge in [-0.1, -0.05) is 0 Å². The van der Waals surface area contributed by atoms with Crippen molar-refractivity contribution in [1.29, 1.82) is 0 Å². The van der Waals surface area contributed by atoms with Crippen molar-refractivity contribution in [3.05, 3.63) is 21.3 Å². The molecule has 0 radical (unpaired) electrons. The molecule has 8 amide bonds. The molecule has 0 unspecified atom stereocenters. The summed E-state index contributed by atoms with van der Waals surface area (Å²) in [7, 11) is 0. The topological polar surface area (TPSA) is 210 Å². The molecule has 0 aliphatic carbocycles. The molecule has 4 fully saturated rings. The molecule has 4 aliphatic rings. The molecule has 14 heteroatoms. The Morgan fingerprint density at radius 3 is 0.467 bits per heavy atom. The Kier molecular flexibility index (Phi) is 13.5. The van der Waals surface area contributed by atoms with E-state index in [-0.39, 0.29) is 47.3 Å². The maximum absolute atomic E-state index is 10.1. The van der Waals surface area contributed by atoms with Crippen molar-refractivity contribution in [3.63, 3.8) is 0 Å². The molecule has 160 valence electrons. The molecule has 4 saturated heterocycles. The quantitative estimate of drug-likeness (QED) is 0.335. The second-order valence-electron chi connectivity index (χ2n) is 5.60. The van der Waals surface area contributed by atoms with Crippen LogP contribution < -0.4 is 0 Å². The third-order valence-electron chi connectivity index (χ3n) is 3.21. The number of carbonyl (C=O) groups is 8. The monoisotopic (exact) mass is 506 g/mol. The SMILES string of the molecule is O=C1CCC(=O)[N-]1.O=C1CCC(=O)[N-]1.O=C1CCC(=O)[N-]1.O=C1CCC(=O)[N-]1.[O]=[Mo+4]. The number of nitrogens with zero attached hydrogens (tertiary/aromatic N) is 4. The molecular formula is C16H16MoN4O9. The summed E-state index contributed by atoms with van der Waals surface area (Å²) in [5.41, 5.74) is 0. The van der Waals surface area contributed by atoms with Gasteiger partial charge in [-0.2, -0.15) is 0 Å². The van der Waals surface area contributed by atoms with Crippen LogP contribution in [0.5, 0.6) is 0 Å². The minimum absolute atomic E-state index is 0.273. The molecule has 0 bridgehead atoms. The van der Waals surface area contributed by atoms with E-state index in [9.17, 15) is 38.4 Å². The predicted molar refractivity (Wildman–Crippen MR) is 91.1 cm³/mol. The van der Waals surface area contributed by atoms with E-state index in [2.05, 4.69) is 21.3 Å². The Labute approximate surface area is 181 Å². The maximum atomic E-state index is 10.1. The number of carbonyl (C=O) groups excluding carboxylic acids is 8. The fourth-order valence-electron chi connectivity index (χ4n) is 1.86. The van der Waals surface area contributed by atoms with Gasteiger partial charge in [0.25, 0.3) is 0 Å². The van der Waals surface area contributed by atoms with Crippen molar-refractivity contribution >= 4 is 47.3 Å². The molecule has 0 atom stereocenters. The van der Waals surface area contributed by atoms with Crippen molar-refractivity contribution in [1.82, 2.24) is 0 Å². The van der Waals surface area contributed by atoms with Gasteiger partial charge in [0.05, 0.1) is 47.3 Å². The van der Waals surface area contributed by atoms with Gasteiger partial charge in [-0.25, -0.2) is 0 Å². The molecule has 4 rings (SSSR count). The molecule has 0 saturated carbocycles. The average molecular weight is 504 g/mol. The van der Waals surface area contributed by atoms with Gasteiger partial charge < -0.3 is 59.6 Å². The number of imide groups is 4. The Morgan fingerprint density at radius 1 is 0.333 bits per heavy atom. The van der Waals surface area contributed by atoms with Gasteiger partial charge in [0.1, 0.15) is 0 Å². The standard InChI is InChI=1S/4C4H5NO2.Mo.O/c4*6-3-1-2-4(7)5-3;;/h4*1-2H2,(H,5,6,7);;/q;;;;+4;/p-4. The summed E-state index contributed by atoms with van der Waals surface area (Å²) in [6.45, 7) is 0. The predicted octanol–water partition coefficient (Wildman–Crippen LogP) is 0.707. The van der Waals surface area contributed by atoms with Crippen LogP contribution in [0.15, 0.2) is 0 Å². The van der Waals surface area contributed by atoms with Crippen LogP contribution in [-0.4, -0.2) is 47.3 Å². The van der Waals surface area contributed by atoms with E-state index < -0.39 is 0 Å². The number of rotatable bonds is 0. The van der Waals surface area contributed by atoms with Crippen LogP contribution in [0.1, 0.15) is 51.4 Å². The van der Waals surface area contributed by atoms with Crippen molar-refractivity contribution in [3.8, 4) is 0 Å². The Hall–Kier alpha value is -2.95. The molecule has 0 N–H and O–H groups in total. The van der Waals surface area contributed by atoms with E-state index in [1.165, 1.54) is 0 Å².